The van der Waals surface area contributed by atoms with Crippen molar-refractivity contribution < 1.29 is 5.11 Å². The van der Waals surface area contributed by atoms with Crippen molar-refractivity contribution in [1.82, 2.24) is 0 Å². The van der Waals surface area contributed by atoms with Crippen molar-refractivity contribution in [1.29, 1.82) is 0 Å². The first-order chi connectivity index (χ1) is 8.72. The van der Waals surface area contributed by atoms with Gasteiger partial charge in [0.15, 0.2) is 0 Å². The molecule has 18 heavy (non-hydrogen) atoms. The largest absolute Gasteiger partial charge is 0.508 e. The standard InChI is InChI=1S/C17H16O/c1-3-12-10-13-6-4-5-7-14(13)16-11(2)8-9-15(18)17(12)16/h3-9,12,18H,1,10H2,2H3/t12-/m1/s1. The van der Waals surface area contributed by atoms with Crippen molar-refractivity contribution in [2.75, 3.05) is 0 Å². The number of rotatable bonds is 1. The van der Waals surface area contributed by atoms with E-state index in [2.05, 4.69) is 37.8 Å². The van der Waals surface area contributed by atoms with Gasteiger partial charge in [0.05, 0.1) is 0 Å². The molecule has 0 heterocycles. The van der Waals surface area contributed by atoms with Gasteiger partial charge >= 0.3 is 0 Å². The summed E-state index contributed by atoms with van der Waals surface area (Å²) in [5, 5.41) is 10.2. The second-order valence-corrected chi connectivity index (χ2v) is 4.89. The van der Waals surface area contributed by atoms with Gasteiger partial charge < -0.3 is 5.11 Å². The summed E-state index contributed by atoms with van der Waals surface area (Å²) < 4.78 is 0. The Morgan fingerprint density at radius 2 is 2.00 bits per heavy atom. The number of benzene rings is 2. The van der Waals surface area contributed by atoms with Crippen LogP contribution in [0.25, 0.3) is 11.1 Å². The van der Waals surface area contributed by atoms with Crippen molar-refractivity contribution >= 4 is 0 Å². The number of hydrogen-bond acceptors (Lipinski definition) is 1. The molecule has 1 aliphatic rings. The van der Waals surface area contributed by atoms with E-state index in [0.717, 1.165) is 12.0 Å². The van der Waals surface area contributed by atoms with Gasteiger partial charge in [-0.15, -0.1) is 6.58 Å². The highest BCUT2D eigenvalue weighted by Crippen LogP contribution is 2.45. The molecule has 0 saturated carbocycles. The van der Waals surface area contributed by atoms with E-state index in [0.29, 0.717) is 5.75 Å². The van der Waals surface area contributed by atoms with Crippen LogP contribution in [0.1, 0.15) is 22.6 Å². The van der Waals surface area contributed by atoms with Crippen molar-refractivity contribution in [2.45, 2.75) is 19.3 Å². The Morgan fingerprint density at radius 3 is 2.78 bits per heavy atom. The second kappa shape index (κ2) is 4.02. The van der Waals surface area contributed by atoms with Gasteiger partial charge in [0.2, 0.25) is 0 Å². The van der Waals surface area contributed by atoms with Gasteiger partial charge in [0.25, 0.3) is 0 Å². The van der Waals surface area contributed by atoms with Gasteiger partial charge in [-0.2, -0.15) is 0 Å². The molecule has 1 atom stereocenters. The van der Waals surface area contributed by atoms with Crippen LogP contribution in [0.15, 0.2) is 49.1 Å². The van der Waals surface area contributed by atoms with E-state index in [-0.39, 0.29) is 5.92 Å². The molecule has 1 heteroatoms. The summed E-state index contributed by atoms with van der Waals surface area (Å²) in [5.74, 6) is 0.588. The van der Waals surface area contributed by atoms with E-state index in [4.69, 9.17) is 0 Å². The number of hydrogen-bond donors (Lipinski definition) is 1. The number of aryl methyl sites for hydroxylation is 1. The smallest absolute Gasteiger partial charge is 0.120 e. The number of phenols is 1. The predicted molar refractivity (Wildman–Crippen MR) is 74.9 cm³/mol. The number of allylic oxidation sites excluding steroid dienone is 1. The zero-order valence-electron chi connectivity index (χ0n) is 10.5. The Hall–Kier alpha value is -2.02. The van der Waals surface area contributed by atoms with Crippen LogP contribution in [0.4, 0.5) is 0 Å². The fourth-order valence-electron chi connectivity index (χ4n) is 2.93. The van der Waals surface area contributed by atoms with Crippen LogP contribution in [-0.4, -0.2) is 5.11 Å². The summed E-state index contributed by atoms with van der Waals surface area (Å²) >= 11 is 0. The van der Waals surface area contributed by atoms with Gasteiger partial charge in [0, 0.05) is 11.5 Å². The maximum Gasteiger partial charge on any atom is 0.120 e. The van der Waals surface area contributed by atoms with Crippen LogP contribution in [0.3, 0.4) is 0 Å². The zero-order chi connectivity index (χ0) is 12.7. The quantitative estimate of drug-likeness (QED) is 0.736. The van der Waals surface area contributed by atoms with Crippen LogP contribution < -0.4 is 0 Å². The molecule has 2 aromatic rings. The molecule has 1 N–H and O–H groups in total. The summed E-state index contributed by atoms with van der Waals surface area (Å²) in [7, 11) is 0. The average molecular weight is 236 g/mol. The number of phenolic OH excluding ortho intramolecular Hbond substituents is 1. The molecule has 0 unspecified atom stereocenters. The maximum absolute atomic E-state index is 10.2. The van der Waals surface area contributed by atoms with Crippen LogP contribution in [0, 0.1) is 6.92 Å². The van der Waals surface area contributed by atoms with Gasteiger partial charge in [-0.1, -0.05) is 36.4 Å². The third kappa shape index (κ3) is 1.47. The predicted octanol–water partition coefficient (Wildman–Crippen LogP) is 4.19. The molecule has 0 aromatic heterocycles. The summed E-state index contributed by atoms with van der Waals surface area (Å²) in [4.78, 5) is 0. The summed E-state index contributed by atoms with van der Waals surface area (Å²) in [6.07, 6.45) is 2.86. The summed E-state index contributed by atoms with van der Waals surface area (Å²) in [6.45, 7) is 6.01. The minimum atomic E-state index is 0.204. The summed E-state index contributed by atoms with van der Waals surface area (Å²) in [5.41, 5.74) is 6.01. The summed E-state index contributed by atoms with van der Waals surface area (Å²) in [6, 6.07) is 12.2. The van der Waals surface area contributed by atoms with Crippen molar-refractivity contribution in [2.24, 2.45) is 0 Å². The third-order valence-corrected chi connectivity index (χ3v) is 3.81. The second-order valence-electron chi connectivity index (χ2n) is 4.89. The maximum atomic E-state index is 10.2. The topological polar surface area (TPSA) is 20.2 Å². The van der Waals surface area contributed by atoms with E-state index in [1.54, 1.807) is 6.07 Å². The van der Waals surface area contributed by atoms with E-state index in [1.807, 2.05) is 12.1 Å². The molecule has 0 fully saturated rings. The molecule has 0 aliphatic heterocycles. The first kappa shape index (κ1) is 11.1. The number of aromatic hydroxyl groups is 1. The average Bonchev–Trinajstić information content (AvgIpc) is 2.41. The Bertz CT molecular complexity index is 626. The Kier molecular flexibility index (Phi) is 2.48. The molecule has 0 saturated heterocycles. The van der Waals surface area contributed by atoms with Crippen molar-refractivity contribution in [3.05, 3.63) is 65.7 Å². The molecule has 2 aromatic carbocycles. The highest BCUT2D eigenvalue weighted by molar-refractivity contribution is 5.79. The van der Waals surface area contributed by atoms with Crippen molar-refractivity contribution in [3.63, 3.8) is 0 Å². The van der Waals surface area contributed by atoms with E-state index in [1.165, 1.54) is 22.3 Å². The Labute approximate surface area is 107 Å². The Morgan fingerprint density at radius 1 is 1.22 bits per heavy atom. The molecule has 1 nitrogen and oxygen atoms in total. The highest BCUT2D eigenvalue weighted by atomic mass is 16.3. The highest BCUT2D eigenvalue weighted by Gasteiger charge is 2.26. The van der Waals surface area contributed by atoms with Gasteiger partial charge in [-0.05, 0) is 41.7 Å². The molecular weight excluding hydrogens is 220 g/mol. The molecule has 3 rings (SSSR count). The molecule has 90 valence electrons. The lowest BCUT2D eigenvalue weighted by molar-refractivity contribution is 0.465. The lowest BCUT2D eigenvalue weighted by Gasteiger charge is -2.28. The van der Waals surface area contributed by atoms with Crippen molar-refractivity contribution in [3.8, 4) is 16.9 Å². The first-order valence-electron chi connectivity index (χ1n) is 6.25. The zero-order valence-corrected chi connectivity index (χ0v) is 10.5. The van der Waals surface area contributed by atoms with Crippen LogP contribution >= 0.6 is 0 Å². The molecule has 0 spiro atoms. The molecule has 0 amide bonds. The van der Waals surface area contributed by atoms with Gasteiger partial charge in [0.1, 0.15) is 5.75 Å². The van der Waals surface area contributed by atoms with Gasteiger partial charge in [-0.25, -0.2) is 0 Å². The van der Waals surface area contributed by atoms with Gasteiger partial charge in [-0.3, -0.25) is 0 Å². The third-order valence-electron chi connectivity index (χ3n) is 3.81. The lowest BCUT2D eigenvalue weighted by Crippen LogP contribution is -2.10. The molecule has 1 aliphatic carbocycles. The van der Waals surface area contributed by atoms with Crippen LogP contribution in [0.5, 0.6) is 5.75 Å². The van der Waals surface area contributed by atoms with E-state index < -0.39 is 0 Å². The van der Waals surface area contributed by atoms with E-state index in [9.17, 15) is 5.11 Å². The lowest BCUT2D eigenvalue weighted by atomic mass is 9.77. The minimum Gasteiger partial charge on any atom is -0.508 e. The first-order valence-corrected chi connectivity index (χ1v) is 6.25. The van der Waals surface area contributed by atoms with Crippen LogP contribution in [-0.2, 0) is 6.42 Å². The monoisotopic (exact) mass is 236 g/mol. The number of fused-ring (bicyclic) bond motifs is 3. The fourth-order valence-corrected chi connectivity index (χ4v) is 2.93. The Balaban J connectivity index is 2.38. The molecular formula is C17H16O. The SMILES string of the molecule is C=C[C@@H]1Cc2ccccc2-c2c(C)ccc(O)c21. The normalized spacial score (nSPS) is 16.8. The molecule has 0 radical (unpaired) electrons. The molecule has 0 bridgehead atoms. The van der Waals surface area contributed by atoms with Crippen LogP contribution in [0.2, 0.25) is 0 Å². The minimum absolute atomic E-state index is 0.204. The van der Waals surface area contributed by atoms with E-state index >= 15 is 0 Å². The fraction of sp³-hybridized carbons (Fsp3) is 0.176.